The molecule has 3 aromatic heterocycles. The second-order valence-electron chi connectivity index (χ2n) is 13.5. The van der Waals surface area contributed by atoms with Gasteiger partial charge in [-0.3, -0.25) is 14.4 Å². The number of carboxylic acid groups (broad SMARTS) is 1. The molecule has 0 spiro atoms. The van der Waals surface area contributed by atoms with Gasteiger partial charge >= 0.3 is 5.97 Å². The van der Waals surface area contributed by atoms with Crippen molar-refractivity contribution in [3.63, 3.8) is 0 Å². The van der Waals surface area contributed by atoms with Crippen molar-refractivity contribution in [2.75, 3.05) is 55.9 Å². The summed E-state index contributed by atoms with van der Waals surface area (Å²) in [6.45, 7) is 1.85. The largest absolute Gasteiger partial charge is 0.477 e. The Kier molecular flexibility index (Phi) is 11.1. The van der Waals surface area contributed by atoms with Gasteiger partial charge in [0.15, 0.2) is 17.3 Å². The molecule has 0 atom stereocenters. The molecule has 0 saturated heterocycles. The molecule has 0 fully saturated rings. The van der Waals surface area contributed by atoms with Crippen LogP contribution in [0.5, 0.6) is 23.3 Å². The highest BCUT2D eigenvalue weighted by Gasteiger charge is 2.27. The Morgan fingerprint density at radius 3 is 1.78 bits per heavy atom. The predicted octanol–water partition coefficient (Wildman–Crippen LogP) is 5.64. The molecule has 3 N–H and O–H groups in total. The van der Waals surface area contributed by atoms with E-state index in [-0.39, 0.29) is 40.9 Å². The molecule has 0 amide bonds. The molecule has 0 radical (unpaired) electrons. The van der Waals surface area contributed by atoms with Gasteiger partial charge in [-0.1, -0.05) is 6.07 Å². The average Bonchev–Trinajstić information content (AvgIpc) is 3.20. The molecule has 3 aromatic carbocycles. The summed E-state index contributed by atoms with van der Waals surface area (Å²) in [6.07, 6.45) is 1.22. The van der Waals surface area contributed by atoms with Crippen molar-refractivity contribution in [1.82, 2.24) is 14.1 Å². The number of carbonyl (C=O) groups excluding carboxylic acids is 1. The Balaban J connectivity index is 0.000000204. The number of anilines is 3. The van der Waals surface area contributed by atoms with Crippen molar-refractivity contribution in [3.8, 4) is 34.6 Å². The zero-order chi connectivity index (χ0) is 42.0. The van der Waals surface area contributed by atoms with Crippen molar-refractivity contribution in [2.45, 2.75) is 6.42 Å². The molecule has 5 heterocycles. The second kappa shape index (κ2) is 16.5. The van der Waals surface area contributed by atoms with Gasteiger partial charge in [0, 0.05) is 32.8 Å². The highest BCUT2D eigenvalue weighted by molar-refractivity contribution is 5.98. The molecular weight excluding hydrogens is 773 g/mol. The Hall–Kier alpha value is -7.56. The first-order chi connectivity index (χ1) is 28.3. The zero-order valence-electron chi connectivity index (χ0n) is 31.5. The molecule has 6 aromatic rings. The van der Waals surface area contributed by atoms with Crippen LogP contribution in [-0.4, -0.2) is 71.4 Å². The lowest BCUT2D eigenvalue weighted by atomic mass is 10.0. The molecule has 2 aliphatic heterocycles. The number of nitrogens with zero attached hydrogens (tertiary/aromatic N) is 5. The molecule has 0 unspecified atom stereocenters. The third-order valence-electron chi connectivity index (χ3n) is 9.47. The number of hydrogen-bond donors (Lipinski definition) is 2. The first-order valence-corrected chi connectivity index (χ1v) is 18.0. The van der Waals surface area contributed by atoms with E-state index in [0.29, 0.717) is 60.4 Å². The first-order valence-electron chi connectivity index (χ1n) is 18.0. The van der Waals surface area contributed by atoms with E-state index in [0.717, 1.165) is 4.57 Å². The third-order valence-corrected chi connectivity index (χ3v) is 9.47. The maximum Gasteiger partial charge on any atom is 0.341 e. The zero-order valence-corrected chi connectivity index (χ0v) is 31.5. The Morgan fingerprint density at radius 1 is 0.746 bits per heavy atom. The number of ether oxygens (including phenoxy) is 3. The van der Waals surface area contributed by atoms with Gasteiger partial charge in [-0.15, -0.1) is 0 Å². The number of hydrogen-bond acceptors (Lipinski definition) is 11. The van der Waals surface area contributed by atoms with Crippen LogP contribution in [0.1, 0.15) is 26.3 Å². The summed E-state index contributed by atoms with van der Waals surface area (Å²) >= 11 is 0. The van der Waals surface area contributed by atoms with E-state index in [1.165, 1.54) is 95.7 Å². The van der Waals surface area contributed by atoms with Crippen LogP contribution in [0.25, 0.3) is 11.4 Å². The van der Waals surface area contributed by atoms with Crippen molar-refractivity contribution >= 4 is 28.9 Å². The van der Waals surface area contributed by atoms with Gasteiger partial charge in [0.05, 0.1) is 41.4 Å². The standard InChI is InChI=1S/C27H22F2N4O4.C15H13FN2O4/c1-32-10-11-36-27-22(32)15-20(26(35)33(27)18-5-3-17(28)4-6-18)23(34)13-16-2-7-24(21(29)12-16)37-19-8-9-31-25(30)14-19;1-17-6-7-22-14-12(17)8-11(15(20)21)13(19)18(14)10-4-2-9(16)3-5-10/h2-9,12,14-15H,10-11,13H2,1H3,(H2,30,31);2-5,8H,6-7H2,1H3,(H,20,21). The van der Waals surface area contributed by atoms with Crippen molar-refractivity contribution in [1.29, 1.82) is 0 Å². The number of aromatic nitrogens is 3. The van der Waals surface area contributed by atoms with E-state index in [9.17, 15) is 37.5 Å². The molecule has 14 nitrogen and oxygen atoms in total. The molecular formula is C42H35F3N6O8. The lowest BCUT2D eigenvalue weighted by Gasteiger charge is -2.30. The van der Waals surface area contributed by atoms with Gasteiger partial charge in [0.1, 0.15) is 42.0 Å². The topological polar surface area (TPSA) is 171 Å². The number of likely N-dealkylation sites (N-methyl/N-ethyl adjacent to an activating group) is 2. The second-order valence-corrected chi connectivity index (χ2v) is 13.5. The molecule has 0 bridgehead atoms. The van der Waals surface area contributed by atoms with E-state index < -0.39 is 40.3 Å². The Bertz CT molecular complexity index is 2700. The number of carbonyl (C=O) groups is 2. The van der Waals surface area contributed by atoms with E-state index >= 15 is 0 Å². The monoisotopic (exact) mass is 808 g/mol. The van der Waals surface area contributed by atoms with Crippen LogP contribution in [0, 0.1) is 17.5 Å². The van der Waals surface area contributed by atoms with Gasteiger partial charge in [-0.25, -0.2) is 32.1 Å². The minimum absolute atomic E-state index is 0.0481. The summed E-state index contributed by atoms with van der Waals surface area (Å²) in [5.74, 6) is -2.38. The molecule has 302 valence electrons. The average molecular weight is 809 g/mol. The number of nitrogens with two attached hydrogens (primary N) is 1. The first kappa shape index (κ1) is 39.7. The summed E-state index contributed by atoms with van der Waals surface area (Å²) in [5, 5.41) is 9.24. The number of nitrogen functional groups attached to an aromatic ring is 1. The summed E-state index contributed by atoms with van der Waals surface area (Å²) in [4.78, 5) is 58.1. The number of Topliss-reactive ketones (excluding diaryl/α,β-unsaturated/α-hetero) is 1. The molecule has 17 heteroatoms. The highest BCUT2D eigenvalue weighted by Crippen LogP contribution is 2.34. The maximum absolute atomic E-state index is 14.8. The van der Waals surface area contributed by atoms with Gasteiger partial charge in [-0.2, -0.15) is 0 Å². The van der Waals surface area contributed by atoms with Crippen molar-refractivity contribution < 1.29 is 42.1 Å². The van der Waals surface area contributed by atoms with Gasteiger partial charge in [0.2, 0.25) is 11.8 Å². The maximum atomic E-state index is 14.8. The minimum atomic E-state index is -1.32. The number of rotatable bonds is 8. The Labute approximate surface area is 333 Å². The lowest BCUT2D eigenvalue weighted by molar-refractivity contribution is 0.0694. The summed E-state index contributed by atoms with van der Waals surface area (Å²) < 4.78 is 60.6. The van der Waals surface area contributed by atoms with Crippen molar-refractivity contribution in [3.05, 3.63) is 152 Å². The van der Waals surface area contributed by atoms with Crippen LogP contribution in [0.15, 0.2) is 107 Å². The number of pyridine rings is 3. The number of aromatic carboxylic acids is 1. The third kappa shape index (κ3) is 8.30. The quantitative estimate of drug-likeness (QED) is 0.182. The fourth-order valence-electron chi connectivity index (χ4n) is 6.44. The lowest BCUT2D eigenvalue weighted by Crippen LogP contribution is -2.35. The van der Waals surface area contributed by atoms with Crippen LogP contribution in [0.2, 0.25) is 0 Å². The number of fused-ring (bicyclic) bond motifs is 2. The smallest absolute Gasteiger partial charge is 0.341 e. The summed E-state index contributed by atoms with van der Waals surface area (Å²) in [7, 11) is 3.60. The van der Waals surface area contributed by atoms with Crippen LogP contribution >= 0.6 is 0 Å². The van der Waals surface area contributed by atoms with Crippen LogP contribution in [0.3, 0.4) is 0 Å². The molecule has 0 saturated carbocycles. The minimum Gasteiger partial charge on any atom is -0.477 e. The molecule has 8 rings (SSSR count). The fourth-order valence-corrected chi connectivity index (χ4v) is 6.44. The normalized spacial score (nSPS) is 12.9. The fraction of sp³-hybridized carbons (Fsp3) is 0.167. The van der Waals surface area contributed by atoms with Gasteiger partial charge in [0.25, 0.3) is 11.1 Å². The van der Waals surface area contributed by atoms with E-state index in [2.05, 4.69) is 4.98 Å². The van der Waals surface area contributed by atoms with E-state index in [1.54, 1.807) is 13.1 Å². The summed E-state index contributed by atoms with van der Waals surface area (Å²) in [5.41, 5.74) is 5.97. The van der Waals surface area contributed by atoms with E-state index in [1.807, 2.05) is 16.8 Å². The van der Waals surface area contributed by atoms with Crippen molar-refractivity contribution in [2.24, 2.45) is 0 Å². The number of carboxylic acids is 1. The predicted molar refractivity (Wildman–Crippen MR) is 212 cm³/mol. The summed E-state index contributed by atoms with van der Waals surface area (Å²) in [6, 6.07) is 20.5. The number of ketones is 1. The van der Waals surface area contributed by atoms with E-state index in [4.69, 9.17) is 19.9 Å². The Morgan fingerprint density at radius 2 is 1.27 bits per heavy atom. The van der Waals surface area contributed by atoms with Crippen LogP contribution < -0.4 is 40.9 Å². The number of halogens is 3. The van der Waals surface area contributed by atoms with Crippen LogP contribution in [-0.2, 0) is 6.42 Å². The highest BCUT2D eigenvalue weighted by atomic mass is 19.1. The van der Waals surface area contributed by atoms with Crippen LogP contribution in [0.4, 0.5) is 30.4 Å². The van der Waals surface area contributed by atoms with Gasteiger partial charge in [-0.05, 0) is 84.4 Å². The molecule has 2 aliphatic rings. The number of benzene rings is 3. The SMILES string of the molecule is CN1CCOc2c1cc(C(=O)Cc1ccc(Oc3ccnc(N)c3)c(F)c1)c(=O)n2-c1ccc(F)cc1.CN1CCOc2c1cc(C(=O)O)c(=O)n2-c1ccc(F)cc1. The molecule has 0 aliphatic carbocycles. The van der Waals surface area contributed by atoms with Gasteiger partial charge < -0.3 is 34.9 Å². The molecule has 59 heavy (non-hydrogen) atoms.